The van der Waals surface area contributed by atoms with Gasteiger partial charge in [-0.1, -0.05) is 73.1 Å². The maximum absolute atomic E-state index is 13.1. The van der Waals surface area contributed by atoms with Crippen molar-refractivity contribution in [1.29, 1.82) is 0 Å². The van der Waals surface area contributed by atoms with Gasteiger partial charge in [-0.15, -0.1) is 0 Å². The average Bonchev–Trinajstić information content (AvgIpc) is 3.00. The van der Waals surface area contributed by atoms with Gasteiger partial charge in [0.1, 0.15) is 0 Å². The Balaban J connectivity index is 1.88. The summed E-state index contributed by atoms with van der Waals surface area (Å²) in [6, 6.07) is 24.4. The Morgan fingerprint density at radius 2 is 1.57 bits per heavy atom. The van der Waals surface area contributed by atoms with Crippen LogP contribution in [-0.4, -0.2) is 11.0 Å². The first-order valence-electron chi connectivity index (χ1n) is 9.26. The molecule has 0 fully saturated rings. The number of aryl methyl sites for hydroxylation is 1. The standard InChI is InChI=1S/C24H20ClNO2/c1-2-16-8-10-18(11-9-16)22-21(17-6-4-3-5-7-17)23(27)24(28)26(22)20-14-12-19(25)13-15-20/h3-15,22,27H,2H2,1H3/t22-/m0/s1. The molecule has 0 aromatic heterocycles. The molecule has 140 valence electrons. The molecule has 1 atom stereocenters. The van der Waals surface area contributed by atoms with E-state index in [-0.39, 0.29) is 5.76 Å². The summed E-state index contributed by atoms with van der Waals surface area (Å²) in [6.07, 6.45) is 0.942. The number of rotatable bonds is 4. The molecule has 0 spiro atoms. The molecule has 0 aliphatic carbocycles. The number of carbonyl (C=O) groups excluding carboxylic acids is 1. The molecule has 0 unspecified atom stereocenters. The number of aliphatic hydroxyl groups is 1. The molecule has 1 amide bonds. The summed E-state index contributed by atoms with van der Waals surface area (Å²) in [5.41, 5.74) is 4.31. The quantitative estimate of drug-likeness (QED) is 0.598. The molecule has 1 N–H and O–H groups in total. The van der Waals surface area contributed by atoms with Crippen LogP contribution >= 0.6 is 11.6 Å². The van der Waals surface area contributed by atoms with Crippen molar-refractivity contribution in [1.82, 2.24) is 0 Å². The number of carbonyl (C=O) groups is 1. The predicted molar refractivity (Wildman–Crippen MR) is 113 cm³/mol. The van der Waals surface area contributed by atoms with Gasteiger partial charge in [0.15, 0.2) is 5.76 Å². The molecule has 1 aliphatic heterocycles. The highest BCUT2D eigenvalue weighted by Gasteiger charge is 2.41. The summed E-state index contributed by atoms with van der Waals surface area (Å²) >= 11 is 6.03. The highest BCUT2D eigenvalue weighted by atomic mass is 35.5. The van der Waals surface area contributed by atoms with Crippen molar-refractivity contribution in [2.75, 3.05) is 4.90 Å². The zero-order valence-corrected chi connectivity index (χ0v) is 16.2. The summed E-state index contributed by atoms with van der Waals surface area (Å²) in [6.45, 7) is 2.11. The first kappa shape index (κ1) is 18.3. The molecule has 3 aromatic carbocycles. The average molecular weight is 390 g/mol. The lowest BCUT2D eigenvalue weighted by atomic mass is 9.92. The van der Waals surface area contributed by atoms with E-state index in [4.69, 9.17) is 11.6 Å². The second kappa shape index (κ2) is 7.53. The van der Waals surface area contributed by atoms with E-state index in [9.17, 15) is 9.90 Å². The van der Waals surface area contributed by atoms with Crippen molar-refractivity contribution in [3.8, 4) is 0 Å². The Hall–Kier alpha value is -3.04. The molecule has 0 saturated carbocycles. The summed E-state index contributed by atoms with van der Waals surface area (Å²) in [7, 11) is 0. The lowest BCUT2D eigenvalue weighted by Gasteiger charge is -2.27. The van der Waals surface area contributed by atoms with Gasteiger partial charge in [0.2, 0.25) is 0 Å². The van der Waals surface area contributed by atoms with Crippen LogP contribution in [0.2, 0.25) is 5.02 Å². The van der Waals surface area contributed by atoms with Crippen LogP contribution in [0, 0.1) is 0 Å². The van der Waals surface area contributed by atoms with Gasteiger partial charge >= 0.3 is 0 Å². The van der Waals surface area contributed by atoms with Crippen LogP contribution in [0.1, 0.15) is 29.7 Å². The number of anilines is 1. The first-order chi connectivity index (χ1) is 13.6. The van der Waals surface area contributed by atoms with Gasteiger partial charge in [-0.25, -0.2) is 0 Å². The third-order valence-electron chi connectivity index (χ3n) is 5.10. The van der Waals surface area contributed by atoms with E-state index in [2.05, 4.69) is 19.1 Å². The third-order valence-corrected chi connectivity index (χ3v) is 5.35. The molecule has 0 bridgehead atoms. The molecule has 0 saturated heterocycles. The third kappa shape index (κ3) is 3.19. The molecule has 4 rings (SSSR count). The van der Waals surface area contributed by atoms with Crippen molar-refractivity contribution in [3.63, 3.8) is 0 Å². The van der Waals surface area contributed by atoms with Crippen molar-refractivity contribution in [2.24, 2.45) is 0 Å². The number of amides is 1. The van der Waals surface area contributed by atoms with Crippen LogP contribution in [0.15, 0.2) is 84.6 Å². The summed E-state index contributed by atoms with van der Waals surface area (Å²) in [4.78, 5) is 14.7. The molecule has 3 aromatic rings. The molecular formula is C24H20ClNO2. The SMILES string of the molecule is CCc1ccc([C@H]2C(c3ccccc3)=C(O)C(=O)N2c2ccc(Cl)cc2)cc1. The Bertz CT molecular complexity index is 1020. The molecule has 1 aliphatic rings. The lowest BCUT2D eigenvalue weighted by molar-refractivity contribution is -0.117. The highest BCUT2D eigenvalue weighted by Crippen LogP contribution is 2.45. The number of hydrogen-bond donors (Lipinski definition) is 1. The minimum absolute atomic E-state index is 0.217. The molecule has 0 radical (unpaired) electrons. The number of halogens is 1. The van der Waals surface area contributed by atoms with Crippen LogP contribution in [0.25, 0.3) is 5.57 Å². The topological polar surface area (TPSA) is 40.5 Å². The van der Waals surface area contributed by atoms with Crippen molar-refractivity contribution in [3.05, 3.63) is 106 Å². The molecular weight excluding hydrogens is 370 g/mol. The lowest BCUT2D eigenvalue weighted by Crippen LogP contribution is -2.30. The Morgan fingerprint density at radius 3 is 2.18 bits per heavy atom. The van der Waals surface area contributed by atoms with Gasteiger partial charge in [0.25, 0.3) is 5.91 Å². The highest BCUT2D eigenvalue weighted by molar-refractivity contribution is 6.30. The van der Waals surface area contributed by atoms with Crippen LogP contribution in [0.4, 0.5) is 5.69 Å². The Morgan fingerprint density at radius 1 is 0.929 bits per heavy atom. The van der Waals surface area contributed by atoms with Gasteiger partial charge in [-0.3, -0.25) is 9.69 Å². The summed E-state index contributed by atoms with van der Waals surface area (Å²) in [5.74, 6) is -0.628. The fourth-order valence-corrected chi connectivity index (χ4v) is 3.76. The van der Waals surface area contributed by atoms with Gasteiger partial charge in [0, 0.05) is 16.3 Å². The number of nitrogens with zero attached hydrogens (tertiary/aromatic N) is 1. The first-order valence-corrected chi connectivity index (χ1v) is 9.64. The largest absolute Gasteiger partial charge is 0.503 e. The minimum Gasteiger partial charge on any atom is -0.503 e. The van der Waals surface area contributed by atoms with Crippen LogP contribution in [-0.2, 0) is 11.2 Å². The zero-order valence-electron chi connectivity index (χ0n) is 15.5. The maximum Gasteiger partial charge on any atom is 0.294 e. The molecule has 1 heterocycles. The maximum atomic E-state index is 13.1. The molecule has 4 heteroatoms. The van der Waals surface area contributed by atoms with E-state index < -0.39 is 11.9 Å². The second-order valence-electron chi connectivity index (χ2n) is 6.78. The second-order valence-corrected chi connectivity index (χ2v) is 7.21. The zero-order chi connectivity index (χ0) is 19.7. The van der Waals surface area contributed by atoms with Gasteiger partial charge in [0.05, 0.1) is 6.04 Å². The predicted octanol–water partition coefficient (Wildman–Crippen LogP) is 5.96. The summed E-state index contributed by atoms with van der Waals surface area (Å²) in [5, 5.41) is 11.4. The van der Waals surface area contributed by atoms with E-state index in [1.165, 1.54) is 5.56 Å². The normalized spacial score (nSPS) is 16.7. The van der Waals surface area contributed by atoms with E-state index in [0.717, 1.165) is 17.5 Å². The van der Waals surface area contributed by atoms with E-state index in [1.807, 2.05) is 42.5 Å². The van der Waals surface area contributed by atoms with Crippen molar-refractivity contribution in [2.45, 2.75) is 19.4 Å². The van der Waals surface area contributed by atoms with Gasteiger partial charge in [-0.2, -0.15) is 0 Å². The monoisotopic (exact) mass is 389 g/mol. The fourth-order valence-electron chi connectivity index (χ4n) is 3.64. The number of aliphatic hydroxyl groups excluding tert-OH is 1. The molecule has 3 nitrogen and oxygen atoms in total. The molecule has 28 heavy (non-hydrogen) atoms. The van der Waals surface area contributed by atoms with Gasteiger partial charge < -0.3 is 5.11 Å². The van der Waals surface area contributed by atoms with Crippen LogP contribution in [0.5, 0.6) is 0 Å². The number of hydrogen-bond acceptors (Lipinski definition) is 2. The van der Waals surface area contributed by atoms with Crippen LogP contribution in [0.3, 0.4) is 0 Å². The van der Waals surface area contributed by atoms with E-state index >= 15 is 0 Å². The Labute approximate surface area is 169 Å². The van der Waals surface area contributed by atoms with E-state index in [0.29, 0.717) is 16.3 Å². The van der Waals surface area contributed by atoms with Crippen molar-refractivity contribution < 1.29 is 9.90 Å². The van der Waals surface area contributed by atoms with Gasteiger partial charge in [-0.05, 0) is 47.4 Å². The minimum atomic E-state index is -0.415. The fraction of sp³-hybridized carbons (Fsp3) is 0.125. The van der Waals surface area contributed by atoms with Crippen molar-refractivity contribution >= 4 is 28.8 Å². The Kier molecular flexibility index (Phi) is 4.93. The smallest absolute Gasteiger partial charge is 0.294 e. The number of benzene rings is 3. The van der Waals surface area contributed by atoms with E-state index in [1.54, 1.807) is 29.2 Å². The van der Waals surface area contributed by atoms with Crippen LogP contribution < -0.4 is 4.90 Å². The summed E-state index contributed by atoms with van der Waals surface area (Å²) < 4.78 is 0.